The average molecular weight is 243 g/mol. The van der Waals surface area contributed by atoms with E-state index in [1.807, 2.05) is 13.8 Å². The van der Waals surface area contributed by atoms with Crippen LogP contribution in [0.4, 0.5) is 0 Å². The van der Waals surface area contributed by atoms with E-state index in [1.54, 1.807) is 0 Å². The summed E-state index contributed by atoms with van der Waals surface area (Å²) in [5.74, 6) is 0.0112. The third-order valence-electron chi connectivity index (χ3n) is 2.13. The molecule has 0 radical (unpaired) electrons. The fourth-order valence-corrected chi connectivity index (χ4v) is 1.13. The van der Waals surface area contributed by atoms with E-state index in [4.69, 9.17) is 11.6 Å². The molecule has 0 bridgehead atoms. The predicted molar refractivity (Wildman–Crippen MR) is 62.7 cm³/mol. The molecule has 0 aliphatic carbocycles. The molecule has 2 N–H and O–H groups in total. The van der Waals surface area contributed by atoms with Gasteiger partial charge < -0.3 is 10.4 Å². The molecule has 1 amide bonds. The van der Waals surface area contributed by atoms with Gasteiger partial charge in [-0.25, -0.2) is 0 Å². The Morgan fingerprint density at radius 3 is 2.88 bits per heavy atom. The lowest BCUT2D eigenvalue weighted by Crippen LogP contribution is -2.35. The van der Waals surface area contributed by atoms with Crippen molar-refractivity contribution in [2.24, 2.45) is 5.41 Å². The molecule has 0 saturated heterocycles. The quantitative estimate of drug-likeness (QED) is 0.792. The normalized spacial score (nSPS) is 11.2. The Hall–Kier alpha value is -1.29. The number of alkyl halides is 1. The summed E-state index contributed by atoms with van der Waals surface area (Å²) in [6, 6.07) is 1.47. The van der Waals surface area contributed by atoms with Gasteiger partial charge in [0.15, 0.2) is 0 Å². The summed E-state index contributed by atoms with van der Waals surface area (Å²) >= 11 is 5.74. The fraction of sp³-hybridized carbons (Fsp3) is 0.455. The van der Waals surface area contributed by atoms with Crippen LogP contribution in [0.2, 0.25) is 0 Å². The van der Waals surface area contributed by atoms with E-state index in [9.17, 15) is 9.90 Å². The Bertz CT molecular complexity index is 380. The standard InChI is InChI=1S/C11H15ClN2O2/c1-11(2,6-12)7-14-10(16)8-3-4-13-5-9(8)15/h3-5,15H,6-7H2,1-2H3,(H,14,16). The van der Waals surface area contributed by atoms with Crippen LogP contribution in [0, 0.1) is 5.41 Å². The van der Waals surface area contributed by atoms with Gasteiger partial charge in [-0.3, -0.25) is 9.78 Å². The number of carbonyl (C=O) groups is 1. The van der Waals surface area contributed by atoms with Crippen molar-refractivity contribution in [1.29, 1.82) is 0 Å². The molecule has 0 saturated carbocycles. The third kappa shape index (κ3) is 3.38. The van der Waals surface area contributed by atoms with Gasteiger partial charge in [0.1, 0.15) is 5.75 Å². The molecule has 1 aromatic rings. The van der Waals surface area contributed by atoms with Crippen molar-refractivity contribution in [2.75, 3.05) is 12.4 Å². The second-order valence-electron chi connectivity index (χ2n) is 4.37. The van der Waals surface area contributed by atoms with Crippen molar-refractivity contribution < 1.29 is 9.90 Å². The summed E-state index contributed by atoms with van der Waals surface area (Å²) in [7, 11) is 0. The third-order valence-corrected chi connectivity index (χ3v) is 2.86. The summed E-state index contributed by atoms with van der Waals surface area (Å²) in [5.41, 5.74) is 0.0558. The number of hydrogen-bond acceptors (Lipinski definition) is 3. The van der Waals surface area contributed by atoms with Gasteiger partial charge in [-0.05, 0) is 11.5 Å². The molecule has 0 spiro atoms. The number of hydrogen-bond donors (Lipinski definition) is 2. The minimum atomic E-state index is -0.321. The summed E-state index contributed by atoms with van der Waals surface area (Å²) in [4.78, 5) is 15.4. The zero-order valence-corrected chi connectivity index (χ0v) is 10.1. The largest absolute Gasteiger partial charge is 0.505 e. The molecule has 0 aromatic carbocycles. The summed E-state index contributed by atoms with van der Waals surface area (Å²) in [5, 5.41) is 12.1. The highest BCUT2D eigenvalue weighted by atomic mass is 35.5. The molecule has 5 heteroatoms. The van der Waals surface area contributed by atoms with Crippen molar-refractivity contribution in [3.05, 3.63) is 24.0 Å². The summed E-state index contributed by atoms with van der Waals surface area (Å²) < 4.78 is 0. The zero-order chi connectivity index (χ0) is 12.2. The Kier molecular flexibility index (Phi) is 4.12. The van der Waals surface area contributed by atoms with Crippen LogP contribution in [0.1, 0.15) is 24.2 Å². The Morgan fingerprint density at radius 2 is 2.31 bits per heavy atom. The number of halogens is 1. The van der Waals surface area contributed by atoms with Crippen LogP contribution in [-0.2, 0) is 0 Å². The Morgan fingerprint density at radius 1 is 1.62 bits per heavy atom. The Labute approximate surface area is 99.6 Å². The van der Waals surface area contributed by atoms with E-state index in [-0.39, 0.29) is 22.6 Å². The van der Waals surface area contributed by atoms with Gasteiger partial charge in [-0.15, -0.1) is 11.6 Å². The first-order chi connectivity index (χ1) is 7.46. The van der Waals surface area contributed by atoms with Crippen molar-refractivity contribution >= 4 is 17.5 Å². The van der Waals surface area contributed by atoms with Gasteiger partial charge in [-0.2, -0.15) is 0 Å². The van der Waals surface area contributed by atoms with Crippen LogP contribution in [0.5, 0.6) is 5.75 Å². The van der Waals surface area contributed by atoms with E-state index in [1.165, 1.54) is 18.5 Å². The van der Waals surface area contributed by atoms with Crippen LogP contribution in [0.25, 0.3) is 0 Å². The van der Waals surface area contributed by atoms with Gasteiger partial charge in [0.2, 0.25) is 0 Å². The highest BCUT2D eigenvalue weighted by Crippen LogP contribution is 2.17. The monoisotopic (exact) mass is 242 g/mol. The topological polar surface area (TPSA) is 62.2 Å². The molecule has 0 unspecified atom stereocenters. The second kappa shape index (κ2) is 5.16. The number of nitrogens with one attached hydrogen (secondary N) is 1. The highest BCUT2D eigenvalue weighted by Gasteiger charge is 2.18. The minimum absolute atomic E-state index is 0.122. The van der Waals surface area contributed by atoms with Crippen LogP contribution in [0.15, 0.2) is 18.5 Å². The molecule has 88 valence electrons. The molecule has 1 rings (SSSR count). The molecule has 1 heterocycles. The van der Waals surface area contributed by atoms with Crippen LogP contribution in [0.3, 0.4) is 0 Å². The van der Waals surface area contributed by atoms with Crippen LogP contribution >= 0.6 is 11.6 Å². The van der Waals surface area contributed by atoms with E-state index >= 15 is 0 Å². The minimum Gasteiger partial charge on any atom is -0.505 e. The van der Waals surface area contributed by atoms with Crippen molar-refractivity contribution in [3.8, 4) is 5.75 Å². The number of nitrogens with zero attached hydrogens (tertiary/aromatic N) is 1. The fourth-order valence-electron chi connectivity index (χ4n) is 1.04. The first-order valence-electron chi connectivity index (χ1n) is 4.93. The van der Waals surface area contributed by atoms with Gasteiger partial charge in [0.25, 0.3) is 5.91 Å². The maximum absolute atomic E-state index is 11.7. The molecule has 1 aromatic heterocycles. The number of carbonyl (C=O) groups excluding carboxylic acids is 1. The SMILES string of the molecule is CC(C)(CCl)CNC(=O)c1ccncc1O. The van der Waals surface area contributed by atoms with Crippen LogP contribution < -0.4 is 5.32 Å². The number of rotatable bonds is 4. The first kappa shape index (κ1) is 12.8. The number of pyridine rings is 1. The zero-order valence-electron chi connectivity index (χ0n) is 9.33. The number of aromatic hydroxyl groups is 1. The lowest BCUT2D eigenvalue weighted by molar-refractivity contribution is 0.0937. The summed E-state index contributed by atoms with van der Waals surface area (Å²) in [6.45, 7) is 4.36. The highest BCUT2D eigenvalue weighted by molar-refractivity contribution is 6.18. The molecule has 0 atom stereocenters. The van der Waals surface area contributed by atoms with Gasteiger partial charge in [0.05, 0.1) is 11.8 Å². The van der Waals surface area contributed by atoms with Crippen LogP contribution in [-0.4, -0.2) is 28.4 Å². The van der Waals surface area contributed by atoms with E-state index < -0.39 is 0 Å². The molecular weight excluding hydrogens is 228 g/mol. The lowest BCUT2D eigenvalue weighted by atomic mass is 9.96. The lowest BCUT2D eigenvalue weighted by Gasteiger charge is -2.21. The molecular formula is C11H15ClN2O2. The second-order valence-corrected chi connectivity index (χ2v) is 4.64. The maximum atomic E-state index is 11.7. The summed E-state index contributed by atoms with van der Waals surface area (Å²) in [6.07, 6.45) is 2.70. The smallest absolute Gasteiger partial charge is 0.255 e. The number of amides is 1. The van der Waals surface area contributed by atoms with Crippen molar-refractivity contribution in [2.45, 2.75) is 13.8 Å². The van der Waals surface area contributed by atoms with E-state index in [0.29, 0.717) is 12.4 Å². The van der Waals surface area contributed by atoms with Crippen molar-refractivity contribution in [3.63, 3.8) is 0 Å². The van der Waals surface area contributed by atoms with E-state index in [0.717, 1.165) is 0 Å². The molecule has 4 nitrogen and oxygen atoms in total. The van der Waals surface area contributed by atoms with Gasteiger partial charge >= 0.3 is 0 Å². The average Bonchev–Trinajstić information content (AvgIpc) is 2.27. The van der Waals surface area contributed by atoms with Gasteiger partial charge in [-0.1, -0.05) is 13.8 Å². The van der Waals surface area contributed by atoms with E-state index in [2.05, 4.69) is 10.3 Å². The molecule has 0 fully saturated rings. The predicted octanol–water partition coefficient (Wildman–Crippen LogP) is 1.78. The molecule has 0 aliphatic rings. The van der Waals surface area contributed by atoms with Gasteiger partial charge in [0, 0.05) is 18.6 Å². The van der Waals surface area contributed by atoms with Crippen molar-refractivity contribution in [1.82, 2.24) is 10.3 Å². The maximum Gasteiger partial charge on any atom is 0.255 e. The molecule has 16 heavy (non-hydrogen) atoms. The first-order valence-corrected chi connectivity index (χ1v) is 5.47. The molecule has 0 aliphatic heterocycles. The number of aromatic nitrogens is 1. The Balaban J connectivity index is 2.64.